The third-order valence-corrected chi connectivity index (χ3v) is 3.20. The van der Waals surface area contributed by atoms with Gasteiger partial charge in [0.05, 0.1) is 7.11 Å². The number of methoxy groups -OCH3 is 1. The van der Waals surface area contributed by atoms with Gasteiger partial charge in [-0.15, -0.1) is 11.8 Å². The van der Waals surface area contributed by atoms with Crippen molar-refractivity contribution in [2.24, 2.45) is 0 Å². The largest absolute Gasteiger partial charge is 0.467 e. The Hall–Kier alpha value is -1.00. The van der Waals surface area contributed by atoms with Crippen molar-refractivity contribution in [3.63, 3.8) is 0 Å². The molecule has 1 N–H and O–H groups in total. The fraction of sp³-hybridized carbons (Fsp3) is 0.417. The van der Waals surface area contributed by atoms with E-state index in [0.29, 0.717) is 5.56 Å². The minimum atomic E-state index is -1.58. The van der Waals surface area contributed by atoms with E-state index >= 15 is 0 Å². The number of hydrogen-bond donors (Lipinski definition) is 1. The van der Waals surface area contributed by atoms with Crippen molar-refractivity contribution in [3.05, 3.63) is 29.8 Å². The maximum atomic E-state index is 11.4. The Morgan fingerprint density at radius 1 is 1.44 bits per heavy atom. The van der Waals surface area contributed by atoms with Gasteiger partial charge < -0.3 is 9.84 Å². The quantitative estimate of drug-likeness (QED) is 0.647. The van der Waals surface area contributed by atoms with Crippen LogP contribution in [0.5, 0.6) is 0 Å². The van der Waals surface area contributed by atoms with E-state index in [9.17, 15) is 9.90 Å². The molecule has 0 bridgehead atoms. The van der Waals surface area contributed by atoms with Crippen LogP contribution in [0.15, 0.2) is 29.2 Å². The predicted octanol–water partition coefficient (Wildman–Crippen LogP) is 2.18. The Bertz CT molecular complexity index is 357. The molecule has 0 amide bonds. The van der Waals surface area contributed by atoms with Gasteiger partial charge in [-0.2, -0.15) is 0 Å². The molecule has 0 aliphatic carbocycles. The number of rotatable bonds is 4. The summed E-state index contributed by atoms with van der Waals surface area (Å²) in [5.74, 6) is 0.343. The maximum absolute atomic E-state index is 11.4. The highest BCUT2D eigenvalue weighted by Crippen LogP contribution is 2.25. The number of benzene rings is 1. The zero-order valence-electron chi connectivity index (χ0n) is 9.69. The van der Waals surface area contributed by atoms with Crippen LogP contribution < -0.4 is 0 Å². The summed E-state index contributed by atoms with van der Waals surface area (Å²) >= 11 is 1.71. The van der Waals surface area contributed by atoms with Crippen molar-refractivity contribution < 1.29 is 14.6 Å². The summed E-state index contributed by atoms with van der Waals surface area (Å²) in [5.41, 5.74) is -1.04. The smallest absolute Gasteiger partial charge is 0.342 e. The summed E-state index contributed by atoms with van der Waals surface area (Å²) in [6.07, 6.45) is 0. The summed E-state index contributed by atoms with van der Waals surface area (Å²) < 4.78 is 4.55. The molecule has 0 aliphatic rings. The molecule has 0 fully saturated rings. The summed E-state index contributed by atoms with van der Waals surface area (Å²) in [5, 5.41) is 9.99. The lowest BCUT2D eigenvalue weighted by atomic mass is 9.96. The number of aliphatic hydroxyl groups is 1. The maximum Gasteiger partial charge on any atom is 0.342 e. The van der Waals surface area contributed by atoms with Gasteiger partial charge in [0.25, 0.3) is 0 Å². The van der Waals surface area contributed by atoms with Gasteiger partial charge in [0.1, 0.15) is 0 Å². The van der Waals surface area contributed by atoms with Gasteiger partial charge in [-0.25, -0.2) is 4.79 Å². The van der Waals surface area contributed by atoms with Gasteiger partial charge in [-0.1, -0.05) is 19.1 Å². The van der Waals surface area contributed by atoms with Gasteiger partial charge in [-0.3, -0.25) is 0 Å². The van der Waals surface area contributed by atoms with E-state index in [-0.39, 0.29) is 0 Å². The van der Waals surface area contributed by atoms with Crippen molar-refractivity contribution in [3.8, 4) is 0 Å². The van der Waals surface area contributed by atoms with E-state index in [1.807, 2.05) is 12.1 Å². The minimum absolute atomic E-state index is 0.541. The topological polar surface area (TPSA) is 46.5 Å². The molecule has 88 valence electrons. The van der Waals surface area contributed by atoms with E-state index in [2.05, 4.69) is 11.7 Å². The number of carbonyl (C=O) groups excluding carboxylic acids is 1. The molecule has 0 heterocycles. The lowest BCUT2D eigenvalue weighted by Gasteiger charge is -2.20. The van der Waals surface area contributed by atoms with Gasteiger partial charge >= 0.3 is 5.97 Å². The Balaban J connectivity index is 2.92. The first-order valence-electron chi connectivity index (χ1n) is 5.06. The van der Waals surface area contributed by atoms with Crippen molar-refractivity contribution in [1.29, 1.82) is 0 Å². The molecule has 1 aromatic rings. The van der Waals surface area contributed by atoms with Crippen LogP contribution in [0.4, 0.5) is 0 Å². The molecule has 3 nitrogen and oxygen atoms in total. The molecular formula is C12H16O3S. The Kier molecular flexibility index (Phi) is 4.38. The van der Waals surface area contributed by atoms with E-state index in [1.54, 1.807) is 23.9 Å². The van der Waals surface area contributed by atoms with Crippen molar-refractivity contribution >= 4 is 17.7 Å². The summed E-state index contributed by atoms with van der Waals surface area (Å²) in [4.78, 5) is 12.5. The Labute approximate surface area is 99.8 Å². The summed E-state index contributed by atoms with van der Waals surface area (Å²) in [6, 6.07) is 7.27. The average Bonchev–Trinajstić information content (AvgIpc) is 2.29. The molecule has 0 aromatic heterocycles. The molecule has 0 aliphatic heterocycles. The first kappa shape index (κ1) is 13.1. The van der Waals surface area contributed by atoms with Gasteiger partial charge in [-0.05, 0) is 30.4 Å². The van der Waals surface area contributed by atoms with E-state index < -0.39 is 11.6 Å². The van der Waals surface area contributed by atoms with Crippen molar-refractivity contribution in [2.75, 3.05) is 12.9 Å². The number of ether oxygens (including phenoxy) is 1. The molecule has 1 aromatic carbocycles. The highest BCUT2D eigenvalue weighted by atomic mass is 32.2. The number of hydrogen-bond acceptors (Lipinski definition) is 4. The van der Waals surface area contributed by atoms with Crippen molar-refractivity contribution in [1.82, 2.24) is 0 Å². The van der Waals surface area contributed by atoms with Crippen LogP contribution in [0.25, 0.3) is 0 Å². The van der Waals surface area contributed by atoms with Crippen LogP contribution in [0.3, 0.4) is 0 Å². The lowest BCUT2D eigenvalue weighted by molar-refractivity contribution is -0.161. The zero-order valence-corrected chi connectivity index (χ0v) is 10.5. The average molecular weight is 240 g/mol. The van der Waals surface area contributed by atoms with E-state index in [4.69, 9.17) is 0 Å². The first-order chi connectivity index (χ1) is 7.52. The molecular weight excluding hydrogens is 224 g/mol. The molecule has 1 unspecified atom stereocenters. The van der Waals surface area contributed by atoms with Gasteiger partial charge in [0.15, 0.2) is 5.60 Å². The van der Waals surface area contributed by atoms with Crippen molar-refractivity contribution in [2.45, 2.75) is 24.3 Å². The van der Waals surface area contributed by atoms with Crippen LogP contribution in [0.2, 0.25) is 0 Å². The molecule has 1 atom stereocenters. The van der Waals surface area contributed by atoms with E-state index in [0.717, 1.165) is 10.6 Å². The molecule has 0 spiro atoms. The number of carbonyl (C=O) groups is 1. The number of thioether (sulfide) groups is 1. The predicted molar refractivity (Wildman–Crippen MR) is 64.4 cm³/mol. The van der Waals surface area contributed by atoms with Crippen LogP contribution >= 0.6 is 11.8 Å². The van der Waals surface area contributed by atoms with Gasteiger partial charge in [0, 0.05) is 4.90 Å². The monoisotopic (exact) mass is 240 g/mol. The third kappa shape index (κ3) is 2.77. The zero-order chi connectivity index (χ0) is 12.2. The third-order valence-electron chi connectivity index (χ3n) is 2.31. The summed E-state index contributed by atoms with van der Waals surface area (Å²) in [6.45, 7) is 3.50. The van der Waals surface area contributed by atoms with Crippen LogP contribution in [0, 0.1) is 0 Å². The highest BCUT2D eigenvalue weighted by Gasteiger charge is 2.33. The second-order valence-corrected chi connectivity index (χ2v) is 4.86. The Morgan fingerprint density at radius 3 is 2.44 bits per heavy atom. The standard InChI is InChI=1S/C12H16O3S/c1-4-16-10-7-5-9(6-8-10)12(2,14)11(13)15-3/h5-8,14H,4H2,1-3H3. The normalized spacial score (nSPS) is 14.2. The van der Waals surface area contributed by atoms with Crippen LogP contribution in [-0.2, 0) is 15.1 Å². The molecule has 4 heteroatoms. The number of esters is 1. The van der Waals surface area contributed by atoms with Gasteiger partial charge in [0.2, 0.25) is 0 Å². The molecule has 0 saturated heterocycles. The lowest BCUT2D eigenvalue weighted by Crippen LogP contribution is -2.33. The second-order valence-electron chi connectivity index (χ2n) is 3.52. The Morgan fingerprint density at radius 2 is 2.00 bits per heavy atom. The molecule has 16 heavy (non-hydrogen) atoms. The fourth-order valence-electron chi connectivity index (χ4n) is 1.36. The SMILES string of the molecule is CCSc1ccc(C(C)(O)C(=O)OC)cc1. The minimum Gasteiger partial charge on any atom is -0.467 e. The molecule has 1 rings (SSSR count). The van der Waals surface area contributed by atoms with Crippen LogP contribution in [-0.4, -0.2) is 23.9 Å². The first-order valence-corrected chi connectivity index (χ1v) is 6.05. The van der Waals surface area contributed by atoms with Crippen LogP contribution in [0.1, 0.15) is 19.4 Å². The fourth-order valence-corrected chi connectivity index (χ4v) is 2.02. The van der Waals surface area contributed by atoms with E-state index in [1.165, 1.54) is 14.0 Å². The second kappa shape index (κ2) is 5.37. The summed E-state index contributed by atoms with van der Waals surface area (Å²) in [7, 11) is 1.26. The highest BCUT2D eigenvalue weighted by molar-refractivity contribution is 7.99. The molecule has 0 radical (unpaired) electrons. The molecule has 0 saturated carbocycles.